The molecule has 6 heteroatoms. The zero-order valence-electron chi connectivity index (χ0n) is 20.7. The zero-order chi connectivity index (χ0) is 22.5. The Kier molecular flexibility index (Phi) is 6.15. The Balaban J connectivity index is 1.26. The number of nitrogens with zero attached hydrogens (tertiary/aromatic N) is 4. The summed E-state index contributed by atoms with van der Waals surface area (Å²) in [7, 11) is 0. The molecule has 1 aromatic rings. The highest BCUT2D eigenvalue weighted by molar-refractivity contribution is 5.07. The first-order chi connectivity index (χ1) is 15.3. The van der Waals surface area contributed by atoms with Gasteiger partial charge in [0.25, 0.3) is 0 Å². The Morgan fingerprint density at radius 1 is 1.09 bits per heavy atom. The topological polar surface area (TPSA) is 73.1 Å². The van der Waals surface area contributed by atoms with E-state index < -0.39 is 5.60 Å². The summed E-state index contributed by atoms with van der Waals surface area (Å²) in [5.74, 6) is 6.33. The molecule has 4 aliphatic carbocycles. The second-order valence-corrected chi connectivity index (χ2v) is 12.1. The van der Waals surface area contributed by atoms with E-state index in [4.69, 9.17) is 4.74 Å². The maximum absolute atomic E-state index is 11.1. The van der Waals surface area contributed by atoms with E-state index in [9.17, 15) is 5.11 Å². The normalized spacial score (nSPS) is 44.5. The van der Waals surface area contributed by atoms with Gasteiger partial charge >= 0.3 is 0 Å². The fourth-order valence-electron chi connectivity index (χ4n) is 9.15. The second kappa shape index (κ2) is 8.65. The van der Waals surface area contributed by atoms with Gasteiger partial charge in [-0.25, -0.2) is 0 Å². The van der Waals surface area contributed by atoms with E-state index in [2.05, 4.69) is 29.3 Å². The van der Waals surface area contributed by atoms with Gasteiger partial charge in [-0.15, -0.1) is 10.2 Å². The third-order valence-corrected chi connectivity index (χ3v) is 10.4. The van der Waals surface area contributed by atoms with E-state index in [1.165, 1.54) is 44.9 Å². The molecule has 5 rings (SSSR count). The van der Waals surface area contributed by atoms with Crippen LogP contribution in [0.2, 0.25) is 0 Å². The van der Waals surface area contributed by atoms with Gasteiger partial charge in [0.2, 0.25) is 0 Å². The molecule has 1 aromatic heterocycles. The maximum atomic E-state index is 11.1. The average Bonchev–Trinajstić information content (AvgIpc) is 3.34. The molecule has 0 aliphatic heterocycles. The zero-order valence-corrected chi connectivity index (χ0v) is 20.7. The van der Waals surface area contributed by atoms with Crippen LogP contribution in [0.4, 0.5) is 0 Å². The molecule has 0 unspecified atom stereocenters. The maximum Gasteiger partial charge on any atom is 0.171 e. The van der Waals surface area contributed by atoms with E-state index in [0.717, 1.165) is 54.8 Å². The molecule has 180 valence electrons. The SMILES string of the molecule is CCOC[C@@]1(O)CC[C@H]2[C@H](CC[C@@H]3[C@@H]2CC[C@]2(C)[C@@H]([C@H](C)Cn4nnc(C)n4)CC[C@@H]32)C1. The summed E-state index contributed by atoms with van der Waals surface area (Å²) < 4.78 is 5.65. The van der Waals surface area contributed by atoms with Gasteiger partial charge in [0.05, 0.1) is 18.8 Å². The number of hydrogen-bond donors (Lipinski definition) is 1. The molecule has 0 aromatic carbocycles. The lowest BCUT2D eigenvalue weighted by atomic mass is 9.48. The van der Waals surface area contributed by atoms with Gasteiger partial charge < -0.3 is 9.84 Å². The van der Waals surface area contributed by atoms with Crippen LogP contribution in [0.5, 0.6) is 0 Å². The Bertz CT molecular complexity index is 799. The van der Waals surface area contributed by atoms with Crippen molar-refractivity contribution in [1.82, 2.24) is 20.2 Å². The van der Waals surface area contributed by atoms with Crippen LogP contribution in [0.15, 0.2) is 0 Å². The predicted octanol–water partition coefficient (Wildman–Crippen LogP) is 4.65. The molecule has 1 heterocycles. The summed E-state index contributed by atoms with van der Waals surface area (Å²) >= 11 is 0. The van der Waals surface area contributed by atoms with Crippen LogP contribution in [0, 0.1) is 53.8 Å². The Morgan fingerprint density at radius 3 is 2.66 bits per heavy atom. The summed E-state index contributed by atoms with van der Waals surface area (Å²) in [6, 6.07) is 0. The molecule has 32 heavy (non-hydrogen) atoms. The lowest BCUT2D eigenvalue weighted by Gasteiger charge is -2.57. The van der Waals surface area contributed by atoms with Crippen molar-refractivity contribution >= 4 is 0 Å². The number of ether oxygens (including phenoxy) is 1. The van der Waals surface area contributed by atoms with E-state index in [1.807, 2.05) is 18.6 Å². The molecule has 0 amide bonds. The molecule has 0 saturated heterocycles. The summed E-state index contributed by atoms with van der Waals surface area (Å²) in [5.41, 5.74) is -0.109. The number of aliphatic hydroxyl groups is 1. The highest BCUT2D eigenvalue weighted by Gasteiger charge is 2.58. The van der Waals surface area contributed by atoms with Crippen molar-refractivity contribution in [2.75, 3.05) is 13.2 Å². The smallest absolute Gasteiger partial charge is 0.171 e. The van der Waals surface area contributed by atoms with Crippen molar-refractivity contribution in [1.29, 1.82) is 0 Å². The van der Waals surface area contributed by atoms with Crippen LogP contribution >= 0.6 is 0 Å². The number of hydrogen-bond acceptors (Lipinski definition) is 5. The highest BCUT2D eigenvalue weighted by Crippen LogP contribution is 2.65. The molecule has 4 fully saturated rings. The fraction of sp³-hybridized carbons (Fsp3) is 0.962. The molecule has 9 atom stereocenters. The second-order valence-electron chi connectivity index (χ2n) is 12.1. The van der Waals surface area contributed by atoms with Gasteiger partial charge in [-0.1, -0.05) is 13.8 Å². The first-order valence-electron chi connectivity index (χ1n) is 13.4. The minimum Gasteiger partial charge on any atom is -0.387 e. The van der Waals surface area contributed by atoms with Crippen molar-refractivity contribution in [3.8, 4) is 0 Å². The molecule has 1 N–H and O–H groups in total. The molecular weight excluding hydrogens is 400 g/mol. The molecule has 0 spiro atoms. The number of fused-ring (bicyclic) bond motifs is 5. The van der Waals surface area contributed by atoms with Gasteiger partial charge in [0.1, 0.15) is 0 Å². The van der Waals surface area contributed by atoms with Crippen molar-refractivity contribution in [2.45, 2.75) is 97.6 Å². The van der Waals surface area contributed by atoms with Crippen molar-refractivity contribution in [2.24, 2.45) is 46.8 Å². The summed E-state index contributed by atoms with van der Waals surface area (Å²) in [6.07, 6.45) is 11.3. The monoisotopic (exact) mass is 444 g/mol. The molecule has 0 radical (unpaired) electrons. The number of aryl methyl sites for hydroxylation is 1. The average molecular weight is 445 g/mol. The summed E-state index contributed by atoms with van der Waals surface area (Å²) in [6.45, 7) is 11.1. The Hall–Kier alpha value is -1.01. The first-order valence-corrected chi connectivity index (χ1v) is 13.4. The minimum absolute atomic E-state index is 0.466. The number of rotatable bonds is 6. The standard InChI is InChI=1S/C26H44N4O2/c1-5-32-16-26(31)13-11-20-19(14-26)6-7-22-21(20)10-12-25(4)23(8-9-24(22)25)17(2)15-30-28-18(3)27-29-30/h17,19-24,31H,5-16H2,1-4H3/t17-,19-,20+,21-,22-,23-,24+,25-,26-/m1/s1. The van der Waals surface area contributed by atoms with E-state index in [-0.39, 0.29) is 0 Å². The van der Waals surface area contributed by atoms with Crippen molar-refractivity contribution < 1.29 is 9.84 Å². The van der Waals surface area contributed by atoms with Gasteiger partial charge in [0.15, 0.2) is 5.82 Å². The summed E-state index contributed by atoms with van der Waals surface area (Å²) in [4.78, 5) is 1.82. The molecule has 0 bridgehead atoms. The largest absolute Gasteiger partial charge is 0.387 e. The number of aromatic nitrogens is 4. The lowest BCUT2D eigenvalue weighted by molar-refractivity contribution is -0.129. The Labute approximate surface area is 193 Å². The first kappa shape index (κ1) is 22.8. The molecule has 6 nitrogen and oxygen atoms in total. The third kappa shape index (κ3) is 3.93. The van der Waals surface area contributed by atoms with Crippen LogP contribution in [-0.2, 0) is 11.3 Å². The quantitative estimate of drug-likeness (QED) is 0.691. The molecular formula is C26H44N4O2. The fourth-order valence-corrected chi connectivity index (χ4v) is 9.15. The van der Waals surface area contributed by atoms with Crippen LogP contribution in [-0.4, -0.2) is 44.1 Å². The highest BCUT2D eigenvalue weighted by atomic mass is 16.5. The van der Waals surface area contributed by atoms with Gasteiger partial charge in [-0.3, -0.25) is 0 Å². The minimum atomic E-state index is -0.575. The molecule has 4 aliphatic rings. The Morgan fingerprint density at radius 2 is 1.91 bits per heavy atom. The van der Waals surface area contributed by atoms with Crippen LogP contribution < -0.4 is 0 Å². The van der Waals surface area contributed by atoms with E-state index in [1.54, 1.807) is 0 Å². The van der Waals surface area contributed by atoms with Crippen LogP contribution in [0.25, 0.3) is 0 Å². The van der Waals surface area contributed by atoms with Gasteiger partial charge in [0, 0.05) is 6.61 Å². The lowest BCUT2D eigenvalue weighted by Crippen LogP contribution is -2.52. The van der Waals surface area contributed by atoms with Crippen LogP contribution in [0.1, 0.15) is 84.4 Å². The van der Waals surface area contributed by atoms with Crippen molar-refractivity contribution in [3.63, 3.8) is 0 Å². The molecule has 4 saturated carbocycles. The van der Waals surface area contributed by atoms with E-state index in [0.29, 0.717) is 30.5 Å². The van der Waals surface area contributed by atoms with Gasteiger partial charge in [-0.05, 0) is 124 Å². The predicted molar refractivity (Wildman–Crippen MR) is 124 cm³/mol. The van der Waals surface area contributed by atoms with E-state index >= 15 is 0 Å². The summed E-state index contributed by atoms with van der Waals surface area (Å²) in [5, 5.41) is 23.9. The third-order valence-electron chi connectivity index (χ3n) is 10.4. The number of tetrazole rings is 1. The van der Waals surface area contributed by atoms with Gasteiger partial charge in [-0.2, -0.15) is 4.80 Å². The van der Waals surface area contributed by atoms with Crippen LogP contribution in [0.3, 0.4) is 0 Å². The van der Waals surface area contributed by atoms with Crippen molar-refractivity contribution in [3.05, 3.63) is 5.82 Å².